The summed E-state index contributed by atoms with van der Waals surface area (Å²) in [6.45, 7) is 1.91. The molecule has 0 saturated heterocycles. The number of nitrogen functional groups attached to an aromatic ring is 1. The molecule has 0 spiro atoms. The van der Waals surface area contributed by atoms with Crippen LogP contribution in [0.1, 0.15) is 5.56 Å². The van der Waals surface area contributed by atoms with Crippen LogP contribution in [0.25, 0.3) is 16.7 Å². The number of imidazole rings is 1. The van der Waals surface area contributed by atoms with Gasteiger partial charge in [-0.05, 0) is 36.8 Å². The van der Waals surface area contributed by atoms with E-state index in [1.165, 1.54) is 16.7 Å². The van der Waals surface area contributed by atoms with Crippen LogP contribution in [0.3, 0.4) is 0 Å². The molecule has 0 saturated carbocycles. The minimum absolute atomic E-state index is 0.0607. The van der Waals surface area contributed by atoms with Crippen molar-refractivity contribution in [1.82, 2.24) is 9.55 Å². The first-order valence-electron chi connectivity index (χ1n) is 5.77. The van der Waals surface area contributed by atoms with Crippen molar-refractivity contribution < 1.29 is 8.78 Å². The maximum absolute atomic E-state index is 13.9. The van der Waals surface area contributed by atoms with E-state index >= 15 is 0 Å². The van der Waals surface area contributed by atoms with E-state index in [2.05, 4.69) is 4.98 Å². The first-order valence-corrected chi connectivity index (χ1v) is 5.77. The van der Waals surface area contributed by atoms with Crippen LogP contribution >= 0.6 is 0 Å². The molecular weight excluding hydrogens is 248 g/mol. The van der Waals surface area contributed by atoms with Gasteiger partial charge in [0.25, 0.3) is 0 Å². The number of aryl methyl sites for hydroxylation is 1. The smallest absolute Gasteiger partial charge is 0.206 e. The maximum Gasteiger partial charge on any atom is 0.206 e. The number of halogens is 2. The molecule has 0 unspecified atom stereocenters. The Morgan fingerprint density at radius 3 is 2.74 bits per heavy atom. The van der Waals surface area contributed by atoms with E-state index in [1.54, 1.807) is 6.07 Å². The monoisotopic (exact) mass is 259 g/mol. The lowest BCUT2D eigenvalue weighted by atomic mass is 10.2. The van der Waals surface area contributed by atoms with Crippen LogP contribution in [0, 0.1) is 18.6 Å². The van der Waals surface area contributed by atoms with Gasteiger partial charge in [-0.15, -0.1) is 0 Å². The van der Waals surface area contributed by atoms with Crippen molar-refractivity contribution in [3.8, 4) is 5.69 Å². The molecule has 0 aliphatic carbocycles. The van der Waals surface area contributed by atoms with Crippen molar-refractivity contribution in [2.75, 3.05) is 5.73 Å². The molecule has 0 bridgehead atoms. The quantitative estimate of drug-likeness (QED) is 0.729. The lowest BCUT2D eigenvalue weighted by Crippen LogP contribution is -2.04. The van der Waals surface area contributed by atoms with Gasteiger partial charge in [0.2, 0.25) is 5.95 Å². The second kappa shape index (κ2) is 4.05. The summed E-state index contributed by atoms with van der Waals surface area (Å²) in [7, 11) is 0. The number of anilines is 1. The lowest BCUT2D eigenvalue weighted by Gasteiger charge is -2.08. The van der Waals surface area contributed by atoms with E-state index in [9.17, 15) is 8.78 Å². The number of nitrogens with two attached hydrogens (primary N) is 1. The van der Waals surface area contributed by atoms with E-state index in [0.717, 1.165) is 11.6 Å². The van der Waals surface area contributed by atoms with Crippen molar-refractivity contribution >= 4 is 17.0 Å². The molecule has 0 fully saturated rings. The zero-order valence-corrected chi connectivity index (χ0v) is 10.2. The summed E-state index contributed by atoms with van der Waals surface area (Å²) < 4.78 is 28.6. The minimum Gasteiger partial charge on any atom is -0.369 e. The van der Waals surface area contributed by atoms with Gasteiger partial charge in [0.1, 0.15) is 0 Å². The fourth-order valence-corrected chi connectivity index (χ4v) is 2.12. The number of benzene rings is 2. The molecule has 5 heteroatoms. The highest BCUT2D eigenvalue weighted by Gasteiger charge is 2.15. The fourth-order valence-electron chi connectivity index (χ4n) is 2.12. The maximum atomic E-state index is 13.9. The Kier molecular flexibility index (Phi) is 2.48. The van der Waals surface area contributed by atoms with Gasteiger partial charge in [0.15, 0.2) is 11.6 Å². The molecule has 0 aliphatic rings. The van der Waals surface area contributed by atoms with Gasteiger partial charge < -0.3 is 5.73 Å². The molecule has 0 aliphatic heterocycles. The number of aromatic nitrogens is 2. The van der Waals surface area contributed by atoms with Crippen LogP contribution in [0.5, 0.6) is 0 Å². The standard InChI is InChI=1S/C14H11F2N3/c1-8-5-6-10-12(7-8)19(14(17)18-10)11-4-2-3-9(15)13(11)16/h2-7H,1H3,(H2,17,18). The van der Waals surface area contributed by atoms with Gasteiger partial charge >= 0.3 is 0 Å². The van der Waals surface area contributed by atoms with E-state index in [-0.39, 0.29) is 11.6 Å². The molecule has 0 atom stereocenters. The lowest BCUT2D eigenvalue weighted by molar-refractivity contribution is 0.505. The van der Waals surface area contributed by atoms with Crippen LogP contribution in [0.4, 0.5) is 14.7 Å². The summed E-state index contributed by atoms with van der Waals surface area (Å²) in [4.78, 5) is 4.15. The van der Waals surface area contributed by atoms with Crippen LogP contribution in [-0.4, -0.2) is 9.55 Å². The topological polar surface area (TPSA) is 43.8 Å². The van der Waals surface area contributed by atoms with E-state index in [1.807, 2.05) is 19.1 Å². The second-order valence-corrected chi connectivity index (χ2v) is 4.37. The molecule has 1 aromatic heterocycles. The molecule has 3 rings (SSSR count). The first kappa shape index (κ1) is 11.6. The molecule has 3 nitrogen and oxygen atoms in total. The third-order valence-corrected chi connectivity index (χ3v) is 3.01. The van der Waals surface area contributed by atoms with E-state index in [0.29, 0.717) is 11.0 Å². The average molecular weight is 259 g/mol. The van der Waals surface area contributed by atoms with Crippen LogP contribution in [0.2, 0.25) is 0 Å². The minimum atomic E-state index is -0.935. The highest BCUT2D eigenvalue weighted by atomic mass is 19.2. The first-order chi connectivity index (χ1) is 9.08. The Hall–Kier alpha value is -2.43. The van der Waals surface area contributed by atoms with Gasteiger partial charge in [0, 0.05) is 0 Å². The Labute approximate surface area is 108 Å². The Bertz CT molecular complexity index is 778. The van der Waals surface area contributed by atoms with Gasteiger partial charge in [-0.1, -0.05) is 12.1 Å². The Balaban J connectivity index is 2.39. The van der Waals surface area contributed by atoms with Gasteiger partial charge in [-0.2, -0.15) is 0 Å². The summed E-state index contributed by atoms with van der Waals surface area (Å²) >= 11 is 0. The number of nitrogens with zero attached hydrogens (tertiary/aromatic N) is 2. The predicted molar refractivity (Wildman–Crippen MR) is 70.1 cm³/mol. The van der Waals surface area contributed by atoms with Gasteiger partial charge in [0.05, 0.1) is 16.7 Å². The second-order valence-electron chi connectivity index (χ2n) is 4.37. The SMILES string of the molecule is Cc1ccc2nc(N)n(-c3cccc(F)c3F)c2c1. The summed E-state index contributed by atoms with van der Waals surface area (Å²) in [6.07, 6.45) is 0. The van der Waals surface area contributed by atoms with Crippen LogP contribution < -0.4 is 5.73 Å². The van der Waals surface area contributed by atoms with Crippen molar-refractivity contribution in [2.45, 2.75) is 6.92 Å². The summed E-state index contributed by atoms with van der Waals surface area (Å²) in [6, 6.07) is 9.51. The van der Waals surface area contributed by atoms with E-state index in [4.69, 9.17) is 5.73 Å². The molecule has 1 heterocycles. The average Bonchev–Trinajstić information content (AvgIpc) is 2.69. The van der Waals surface area contributed by atoms with Crippen molar-refractivity contribution in [3.05, 3.63) is 53.6 Å². The highest BCUT2D eigenvalue weighted by Crippen LogP contribution is 2.26. The van der Waals surface area contributed by atoms with Crippen LogP contribution in [0.15, 0.2) is 36.4 Å². The molecule has 2 aromatic carbocycles. The molecule has 2 N–H and O–H groups in total. The van der Waals surface area contributed by atoms with Crippen molar-refractivity contribution in [2.24, 2.45) is 0 Å². The Morgan fingerprint density at radius 1 is 1.16 bits per heavy atom. The predicted octanol–water partition coefficient (Wildman–Crippen LogP) is 3.19. The van der Waals surface area contributed by atoms with Crippen molar-refractivity contribution in [3.63, 3.8) is 0 Å². The van der Waals surface area contributed by atoms with Crippen LogP contribution in [-0.2, 0) is 0 Å². The molecule has 96 valence electrons. The summed E-state index contributed by atoms with van der Waals surface area (Å²) in [5, 5.41) is 0. The molecule has 0 radical (unpaired) electrons. The largest absolute Gasteiger partial charge is 0.369 e. The molecular formula is C14H11F2N3. The number of fused-ring (bicyclic) bond motifs is 1. The van der Waals surface area contributed by atoms with Gasteiger partial charge in [-0.25, -0.2) is 13.8 Å². The summed E-state index contributed by atoms with van der Waals surface area (Å²) in [5.41, 5.74) is 8.17. The zero-order valence-electron chi connectivity index (χ0n) is 10.2. The third kappa shape index (κ3) is 1.74. The molecule has 19 heavy (non-hydrogen) atoms. The summed E-state index contributed by atoms with van der Waals surface area (Å²) in [5.74, 6) is -1.72. The zero-order chi connectivity index (χ0) is 13.6. The van der Waals surface area contributed by atoms with E-state index < -0.39 is 11.6 Å². The van der Waals surface area contributed by atoms with Gasteiger partial charge in [-0.3, -0.25) is 4.57 Å². The molecule has 3 aromatic rings. The normalized spacial score (nSPS) is 11.1. The number of hydrogen-bond donors (Lipinski definition) is 1. The third-order valence-electron chi connectivity index (χ3n) is 3.01. The highest BCUT2D eigenvalue weighted by molar-refractivity contribution is 5.81. The number of rotatable bonds is 1. The fraction of sp³-hybridized carbons (Fsp3) is 0.0714. The van der Waals surface area contributed by atoms with Crippen molar-refractivity contribution in [1.29, 1.82) is 0 Å². The number of hydrogen-bond acceptors (Lipinski definition) is 2. The molecule has 0 amide bonds. The Morgan fingerprint density at radius 2 is 1.95 bits per heavy atom.